The standard InChI is InChI=1S/C16H14Cl2N4/c1-22-20-15(19-21-22)10-13(11-6-3-2-4-7-11)12-8-5-9-14(17)16(12)18/h2-9,13H,10H2,1H3. The van der Waals surface area contributed by atoms with Crippen molar-refractivity contribution in [2.45, 2.75) is 12.3 Å². The molecule has 3 aromatic rings. The lowest BCUT2D eigenvalue weighted by Crippen LogP contribution is -2.07. The molecule has 0 saturated carbocycles. The average Bonchev–Trinajstić information content (AvgIpc) is 2.94. The number of nitrogens with zero attached hydrogens (tertiary/aromatic N) is 4. The summed E-state index contributed by atoms with van der Waals surface area (Å²) in [6.45, 7) is 0. The van der Waals surface area contributed by atoms with Crippen molar-refractivity contribution in [1.29, 1.82) is 0 Å². The Morgan fingerprint density at radius 2 is 1.82 bits per heavy atom. The second-order valence-corrected chi connectivity index (χ2v) is 5.79. The number of aryl methyl sites for hydroxylation is 1. The Balaban J connectivity index is 2.05. The predicted octanol–water partition coefficient (Wildman–Crippen LogP) is 3.89. The van der Waals surface area contributed by atoms with E-state index in [1.165, 1.54) is 4.80 Å². The lowest BCUT2D eigenvalue weighted by molar-refractivity contribution is 0.625. The van der Waals surface area contributed by atoms with Crippen LogP contribution in [0, 0.1) is 0 Å². The monoisotopic (exact) mass is 332 g/mol. The molecule has 1 atom stereocenters. The fourth-order valence-corrected chi connectivity index (χ4v) is 2.91. The van der Waals surface area contributed by atoms with Crippen molar-refractivity contribution in [1.82, 2.24) is 20.2 Å². The van der Waals surface area contributed by atoms with Gasteiger partial charge in [-0.15, -0.1) is 10.2 Å². The van der Waals surface area contributed by atoms with Crippen LogP contribution in [-0.2, 0) is 13.5 Å². The molecule has 0 spiro atoms. The maximum atomic E-state index is 6.42. The zero-order chi connectivity index (χ0) is 15.5. The Bertz CT molecular complexity index is 771. The van der Waals surface area contributed by atoms with E-state index in [4.69, 9.17) is 23.2 Å². The second-order valence-electron chi connectivity index (χ2n) is 5.01. The molecule has 1 heterocycles. The summed E-state index contributed by atoms with van der Waals surface area (Å²) in [6.07, 6.45) is 0.609. The molecule has 0 N–H and O–H groups in total. The Kier molecular flexibility index (Phi) is 4.41. The van der Waals surface area contributed by atoms with E-state index in [9.17, 15) is 0 Å². The van der Waals surface area contributed by atoms with Gasteiger partial charge in [-0.1, -0.05) is 65.7 Å². The Morgan fingerprint density at radius 1 is 1.05 bits per heavy atom. The molecule has 22 heavy (non-hydrogen) atoms. The second kappa shape index (κ2) is 6.46. The quantitative estimate of drug-likeness (QED) is 0.727. The predicted molar refractivity (Wildman–Crippen MR) is 87.2 cm³/mol. The summed E-state index contributed by atoms with van der Waals surface area (Å²) >= 11 is 12.6. The minimum Gasteiger partial charge on any atom is -0.167 e. The highest BCUT2D eigenvalue weighted by Crippen LogP contribution is 2.36. The first-order valence-electron chi connectivity index (χ1n) is 6.87. The number of benzene rings is 2. The van der Waals surface area contributed by atoms with E-state index < -0.39 is 0 Å². The van der Waals surface area contributed by atoms with Gasteiger partial charge in [-0.3, -0.25) is 0 Å². The fourth-order valence-electron chi connectivity index (χ4n) is 2.47. The summed E-state index contributed by atoms with van der Waals surface area (Å²) in [5.74, 6) is 0.698. The van der Waals surface area contributed by atoms with E-state index in [1.54, 1.807) is 13.1 Å². The van der Waals surface area contributed by atoms with Gasteiger partial charge < -0.3 is 0 Å². The minimum absolute atomic E-state index is 0.0246. The zero-order valence-electron chi connectivity index (χ0n) is 11.9. The van der Waals surface area contributed by atoms with Gasteiger partial charge in [0.25, 0.3) is 0 Å². The molecule has 6 heteroatoms. The van der Waals surface area contributed by atoms with E-state index >= 15 is 0 Å². The van der Waals surface area contributed by atoms with Crippen molar-refractivity contribution in [2.75, 3.05) is 0 Å². The Hall–Kier alpha value is -1.91. The van der Waals surface area contributed by atoms with Gasteiger partial charge in [-0.2, -0.15) is 4.80 Å². The van der Waals surface area contributed by atoms with Crippen LogP contribution in [0.25, 0.3) is 0 Å². The molecule has 0 radical (unpaired) electrons. The van der Waals surface area contributed by atoms with Gasteiger partial charge in [-0.05, 0) is 22.4 Å². The van der Waals surface area contributed by atoms with Crippen LogP contribution in [0.1, 0.15) is 22.9 Å². The van der Waals surface area contributed by atoms with Crippen LogP contribution < -0.4 is 0 Å². The molecule has 0 amide bonds. The summed E-state index contributed by atoms with van der Waals surface area (Å²) in [5.41, 5.74) is 2.10. The third-order valence-corrected chi connectivity index (χ3v) is 4.33. The van der Waals surface area contributed by atoms with E-state index in [1.807, 2.05) is 30.3 Å². The van der Waals surface area contributed by atoms with Gasteiger partial charge in [0.05, 0.1) is 17.1 Å². The largest absolute Gasteiger partial charge is 0.175 e. The summed E-state index contributed by atoms with van der Waals surface area (Å²) in [4.78, 5) is 1.46. The third kappa shape index (κ3) is 3.13. The van der Waals surface area contributed by atoms with Gasteiger partial charge in [0.1, 0.15) is 0 Å². The highest BCUT2D eigenvalue weighted by molar-refractivity contribution is 6.42. The van der Waals surface area contributed by atoms with E-state index in [0.29, 0.717) is 22.3 Å². The number of hydrogen-bond acceptors (Lipinski definition) is 3. The number of aromatic nitrogens is 4. The van der Waals surface area contributed by atoms with Crippen molar-refractivity contribution in [2.24, 2.45) is 7.05 Å². The summed E-state index contributed by atoms with van der Waals surface area (Å²) in [6, 6.07) is 15.8. The first-order valence-corrected chi connectivity index (χ1v) is 7.62. The molecule has 0 bridgehead atoms. The number of rotatable bonds is 4. The van der Waals surface area contributed by atoms with Gasteiger partial charge >= 0.3 is 0 Å². The van der Waals surface area contributed by atoms with Crippen LogP contribution in [0.4, 0.5) is 0 Å². The van der Waals surface area contributed by atoms with Crippen molar-refractivity contribution < 1.29 is 0 Å². The van der Waals surface area contributed by atoms with Crippen LogP contribution in [-0.4, -0.2) is 20.2 Å². The zero-order valence-corrected chi connectivity index (χ0v) is 13.5. The molecular weight excluding hydrogens is 319 g/mol. The van der Waals surface area contributed by atoms with Crippen LogP contribution >= 0.6 is 23.2 Å². The number of tetrazole rings is 1. The van der Waals surface area contributed by atoms with Gasteiger partial charge in [0.2, 0.25) is 0 Å². The average molecular weight is 333 g/mol. The first kappa shape index (κ1) is 15.0. The minimum atomic E-state index is 0.0246. The van der Waals surface area contributed by atoms with Crippen molar-refractivity contribution in [3.8, 4) is 0 Å². The summed E-state index contributed by atoms with van der Waals surface area (Å²) in [7, 11) is 1.75. The number of halogens is 2. The fraction of sp³-hybridized carbons (Fsp3) is 0.188. The highest BCUT2D eigenvalue weighted by Gasteiger charge is 2.21. The smallest absolute Gasteiger partial charge is 0.167 e. The Labute approximate surface area is 138 Å². The Morgan fingerprint density at radius 3 is 2.50 bits per heavy atom. The molecule has 1 aromatic heterocycles. The van der Waals surface area contributed by atoms with Crippen molar-refractivity contribution >= 4 is 23.2 Å². The molecule has 0 saturated heterocycles. The van der Waals surface area contributed by atoms with Crippen molar-refractivity contribution in [3.63, 3.8) is 0 Å². The molecule has 0 aliphatic rings. The lowest BCUT2D eigenvalue weighted by Gasteiger charge is -2.18. The highest BCUT2D eigenvalue weighted by atomic mass is 35.5. The summed E-state index contributed by atoms with van der Waals surface area (Å²) in [5, 5.41) is 13.4. The van der Waals surface area contributed by atoms with Crippen LogP contribution in [0.15, 0.2) is 48.5 Å². The molecule has 0 fully saturated rings. The van der Waals surface area contributed by atoms with Crippen molar-refractivity contribution in [3.05, 3.63) is 75.5 Å². The maximum absolute atomic E-state index is 6.42. The van der Waals surface area contributed by atoms with E-state index in [2.05, 4.69) is 27.5 Å². The maximum Gasteiger partial charge on any atom is 0.175 e. The van der Waals surface area contributed by atoms with E-state index in [0.717, 1.165) is 11.1 Å². The molecule has 3 rings (SSSR count). The molecule has 2 aromatic carbocycles. The molecule has 0 aliphatic carbocycles. The summed E-state index contributed by atoms with van der Waals surface area (Å²) < 4.78 is 0. The van der Waals surface area contributed by atoms with Gasteiger partial charge in [-0.25, -0.2) is 0 Å². The molecule has 4 nitrogen and oxygen atoms in total. The normalized spacial score (nSPS) is 12.3. The third-order valence-electron chi connectivity index (χ3n) is 3.50. The SMILES string of the molecule is Cn1nnc(CC(c2ccccc2)c2cccc(Cl)c2Cl)n1. The topological polar surface area (TPSA) is 43.6 Å². The lowest BCUT2D eigenvalue weighted by atomic mass is 9.88. The van der Waals surface area contributed by atoms with Gasteiger partial charge in [0.15, 0.2) is 5.82 Å². The molecule has 112 valence electrons. The molecule has 1 unspecified atom stereocenters. The molecular formula is C16H14Cl2N4. The molecule has 0 aliphatic heterocycles. The van der Waals surface area contributed by atoms with Crippen LogP contribution in [0.5, 0.6) is 0 Å². The van der Waals surface area contributed by atoms with E-state index in [-0.39, 0.29) is 5.92 Å². The van der Waals surface area contributed by atoms with Gasteiger partial charge in [0, 0.05) is 12.3 Å². The van der Waals surface area contributed by atoms with Crippen LogP contribution in [0.3, 0.4) is 0 Å². The first-order chi connectivity index (χ1) is 10.6. The van der Waals surface area contributed by atoms with Crippen LogP contribution in [0.2, 0.25) is 10.0 Å². The number of hydrogen-bond donors (Lipinski definition) is 0.